The first-order valence-corrected chi connectivity index (χ1v) is 34.8. The molecule has 0 aliphatic carbocycles. The first kappa shape index (κ1) is 76.1. The summed E-state index contributed by atoms with van der Waals surface area (Å²) in [7, 11) is 0. The second-order valence-electron chi connectivity index (χ2n) is 23.4. The fourth-order valence-electron chi connectivity index (χ4n) is 10.2. The van der Waals surface area contributed by atoms with E-state index >= 15 is 0 Å². The Labute approximate surface area is 491 Å². The Morgan fingerprint density at radius 1 is 0.253 bits per heavy atom. The van der Waals surface area contributed by atoms with Crippen LogP contribution >= 0.6 is 0 Å². The van der Waals surface area contributed by atoms with E-state index in [2.05, 4.69) is 81.5 Å². The number of allylic oxidation sites excluding steroid dienone is 10. The Balaban J connectivity index is 4.19. The van der Waals surface area contributed by atoms with E-state index in [1.807, 2.05) is 0 Å². The van der Waals surface area contributed by atoms with Crippen LogP contribution in [0.1, 0.15) is 367 Å². The molecule has 0 aromatic rings. The van der Waals surface area contributed by atoms with Crippen LogP contribution in [0.25, 0.3) is 0 Å². The fourth-order valence-corrected chi connectivity index (χ4v) is 10.2. The molecule has 0 heterocycles. The summed E-state index contributed by atoms with van der Waals surface area (Å²) in [4.78, 5) is 38.4. The third kappa shape index (κ3) is 65.8. The average Bonchev–Trinajstić information content (AvgIpc) is 3.45. The minimum absolute atomic E-state index is 0.0751. The molecule has 0 saturated heterocycles. The van der Waals surface area contributed by atoms with Crippen LogP contribution < -0.4 is 0 Å². The SMILES string of the molecule is CCCCCC/C=C\C/C=C\CCCCCCCC(=O)OC(COC(=O)CCCCCCCCCCCCCCCC)COC(=O)CCCCCCCCCCCCCCCCCC/C=C\C/C=C\C/C=C\CCCCCCC. The van der Waals surface area contributed by atoms with Gasteiger partial charge in [0.25, 0.3) is 0 Å². The summed E-state index contributed by atoms with van der Waals surface area (Å²) in [6, 6.07) is 0. The molecule has 79 heavy (non-hydrogen) atoms. The summed E-state index contributed by atoms with van der Waals surface area (Å²) in [6.45, 7) is 6.65. The molecule has 1 atom stereocenters. The van der Waals surface area contributed by atoms with Crippen LogP contribution in [-0.4, -0.2) is 37.2 Å². The van der Waals surface area contributed by atoms with E-state index in [9.17, 15) is 14.4 Å². The summed E-state index contributed by atoms with van der Waals surface area (Å²) in [5, 5.41) is 0. The second-order valence-corrected chi connectivity index (χ2v) is 23.4. The molecule has 0 aliphatic heterocycles. The molecular formula is C73H132O6. The van der Waals surface area contributed by atoms with E-state index in [0.717, 1.165) is 96.3 Å². The van der Waals surface area contributed by atoms with Crippen molar-refractivity contribution in [3.05, 3.63) is 60.8 Å². The van der Waals surface area contributed by atoms with E-state index in [-0.39, 0.29) is 31.1 Å². The normalized spacial score (nSPS) is 12.4. The van der Waals surface area contributed by atoms with Crippen LogP contribution in [-0.2, 0) is 28.6 Å². The minimum Gasteiger partial charge on any atom is -0.462 e. The van der Waals surface area contributed by atoms with Gasteiger partial charge in [0.15, 0.2) is 6.10 Å². The van der Waals surface area contributed by atoms with Gasteiger partial charge in [0, 0.05) is 19.3 Å². The topological polar surface area (TPSA) is 78.9 Å². The van der Waals surface area contributed by atoms with Gasteiger partial charge in [-0.2, -0.15) is 0 Å². The van der Waals surface area contributed by atoms with Crippen LogP contribution in [0.4, 0.5) is 0 Å². The number of carbonyl (C=O) groups is 3. The molecule has 0 fully saturated rings. The van der Waals surface area contributed by atoms with Crippen molar-refractivity contribution in [2.75, 3.05) is 13.2 Å². The molecule has 0 amide bonds. The van der Waals surface area contributed by atoms with Gasteiger partial charge >= 0.3 is 17.9 Å². The van der Waals surface area contributed by atoms with Crippen molar-refractivity contribution >= 4 is 17.9 Å². The highest BCUT2D eigenvalue weighted by molar-refractivity contribution is 5.71. The summed E-state index contributed by atoms with van der Waals surface area (Å²) >= 11 is 0. The van der Waals surface area contributed by atoms with Gasteiger partial charge in [-0.15, -0.1) is 0 Å². The Morgan fingerprint density at radius 3 is 0.722 bits per heavy atom. The van der Waals surface area contributed by atoms with Gasteiger partial charge in [-0.25, -0.2) is 0 Å². The van der Waals surface area contributed by atoms with Gasteiger partial charge in [0.2, 0.25) is 0 Å². The van der Waals surface area contributed by atoms with Gasteiger partial charge in [-0.3, -0.25) is 14.4 Å². The fraction of sp³-hybridized carbons (Fsp3) is 0.822. The van der Waals surface area contributed by atoms with Crippen molar-refractivity contribution in [1.29, 1.82) is 0 Å². The Bertz CT molecular complexity index is 1410. The highest BCUT2D eigenvalue weighted by Gasteiger charge is 2.19. The highest BCUT2D eigenvalue weighted by Crippen LogP contribution is 2.18. The van der Waals surface area contributed by atoms with Gasteiger partial charge < -0.3 is 14.2 Å². The molecule has 0 radical (unpaired) electrons. The number of rotatable bonds is 64. The molecule has 0 aromatic heterocycles. The largest absolute Gasteiger partial charge is 0.462 e. The van der Waals surface area contributed by atoms with Crippen LogP contribution in [0, 0.1) is 0 Å². The molecule has 0 aliphatic rings. The maximum atomic E-state index is 12.9. The molecule has 6 nitrogen and oxygen atoms in total. The van der Waals surface area contributed by atoms with Crippen molar-refractivity contribution in [2.45, 2.75) is 374 Å². The molecule has 6 heteroatoms. The smallest absolute Gasteiger partial charge is 0.306 e. The third-order valence-electron chi connectivity index (χ3n) is 15.5. The third-order valence-corrected chi connectivity index (χ3v) is 15.5. The van der Waals surface area contributed by atoms with Crippen molar-refractivity contribution in [1.82, 2.24) is 0 Å². The zero-order valence-electron chi connectivity index (χ0n) is 52.9. The number of ether oxygens (including phenoxy) is 3. The van der Waals surface area contributed by atoms with Gasteiger partial charge in [0.05, 0.1) is 0 Å². The van der Waals surface area contributed by atoms with E-state index in [4.69, 9.17) is 14.2 Å². The number of esters is 3. The first-order valence-electron chi connectivity index (χ1n) is 34.8. The van der Waals surface area contributed by atoms with E-state index < -0.39 is 6.10 Å². The molecule has 0 saturated carbocycles. The lowest BCUT2D eigenvalue weighted by Gasteiger charge is -2.18. The maximum absolute atomic E-state index is 12.9. The molecule has 0 aromatic carbocycles. The minimum atomic E-state index is -0.780. The number of unbranched alkanes of at least 4 members (excludes halogenated alkanes) is 43. The molecule has 460 valence electrons. The molecule has 0 N–H and O–H groups in total. The predicted molar refractivity (Wildman–Crippen MR) is 344 cm³/mol. The lowest BCUT2D eigenvalue weighted by Crippen LogP contribution is -2.30. The molecular weight excluding hydrogens is 973 g/mol. The summed E-state index contributed by atoms with van der Waals surface area (Å²) in [5.74, 6) is -0.867. The van der Waals surface area contributed by atoms with Crippen molar-refractivity contribution in [3.8, 4) is 0 Å². The van der Waals surface area contributed by atoms with Gasteiger partial charge in [0.1, 0.15) is 13.2 Å². The molecule has 0 bridgehead atoms. The van der Waals surface area contributed by atoms with Crippen LogP contribution in [0.3, 0.4) is 0 Å². The van der Waals surface area contributed by atoms with Crippen molar-refractivity contribution in [3.63, 3.8) is 0 Å². The number of hydrogen-bond donors (Lipinski definition) is 0. The van der Waals surface area contributed by atoms with Crippen LogP contribution in [0.2, 0.25) is 0 Å². The molecule has 0 rings (SSSR count). The Kier molecular flexibility index (Phi) is 65.1. The summed E-state index contributed by atoms with van der Waals surface area (Å²) in [5.41, 5.74) is 0. The lowest BCUT2D eigenvalue weighted by molar-refractivity contribution is -0.167. The van der Waals surface area contributed by atoms with E-state index in [1.54, 1.807) is 0 Å². The predicted octanol–water partition coefficient (Wildman–Crippen LogP) is 23.9. The number of carbonyl (C=O) groups excluding carboxylic acids is 3. The van der Waals surface area contributed by atoms with Gasteiger partial charge in [-0.05, 0) is 89.9 Å². The molecule has 0 spiro atoms. The van der Waals surface area contributed by atoms with Gasteiger partial charge in [-0.1, -0.05) is 319 Å². The van der Waals surface area contributed by atoms with Crippen LogP contribution in [0.15, 0.2) is 60.8 Å². The Morgan fingerprint density at radius 2 is 0.456 bits per heavy atom. The standard InChI is InChI=1S/C73H132O6/c1-4-7-10-13-16-19-22-25-28-30-31-32-33-34-35-36-37-38-39-40-41-42-43-44-46-48-51-54-57-60-63-66-72(75)78-69-70(68-77-71(74)65-62-59-56-53-50-47-27-24-21-18-15-12-9-6-3)79-73(76)67-64-61-58-55-52-49-45-29-26-23-20-17-14-11-8-5-2/h20,22-23,25,29-31,33-34,45,70H,4-19,21,24,26-28,32,35-44,46-69H2,1-3H3/b23-20-,25-22-,31-30-,34-33-,45-29-. The summed E-state index contributed by atoms with van der Waals surface area (Å²) < 4.78 is 17.0. The summed E-state index contributed by atoms with van der Waals surface area (Å²) in [6.07, 6.45) is 86.7. The zero-order valence-corrected chi connectivity index (χ0v) is 52.9. The number of hydrogen-bond acceptors (Lipinski definition) is 6. The monoisotopic (exact) mass is 1110 g/mol. The van der Waals surface area contributed by atoms with Crippen LogP contribution in [0.5, 0.6) is 0 Å². The first-order chi connectivity index (χ1) is 39.0. The lowest BCUT2D eigenvalue weighted by atomic mass is 10.0. The Hall–Kier alpha value is -2.89. The highest BCUT2D eigenvalue weighted by atomic mass is 16.6. The van der Waals surface area contributed by atoms with E-state index in [1.165, 1.54) is 231 Å². The maximum Gasteiger partial charge on any atom is 0.306 e. The second kappa shape index (κ2) is 67.6. The van der Waals surface area contributed by atoms with Crippen molar-refractivity contribution in [2.24, 2.45) is 0 Å². The molecule has 1 unspecified atom stereocenters. The van der Waals surface area contributed by atoms with Crippen molar-refractivity contribution < 1.29 is 28.6 Å². The quantitative estimate of drug-likeness (QED) is 0.0261. The zero-order chi connectivity index (χ0) is 57.1. The van der Waals surface area contributed by atoms with E-state index in [0.29, 0.717) is 19.3 Å². The average molecular weight is 1110 g/mol.